The molecule has 0 bridgehead atoms. The Hall–Kier alpha value is -1.21. The highest BCUT2D eigenvalue weighted by Crippen LogP contribution is 1.97. The van der Waals surface area contributed by atoms with E-state index in [0.717, 1.165) is 0 Å². The van der Waals surface area contributed by atoms with Gasteiger partial charge in [0.15, 0.2) is 0 Å². The molecule has 0 aromatic carbocycles. The number of piperazine rings is 1. The molecule has 0 aromatic heterocycles. The van der Waals surface area contributed by atoms with Crippen LogP contribution in [0.4, 0.5) is 4.79 Å². The molecule has 0 aliphatic carbocycles. The van der Waals surface area contributed by atoms with Crippen molar-refractivity contribution in [2.75, 3.05) is 19.6 Å². The largest absolute Gasteiger partial charge is 0.465 e. The van der Waals surface area contributed by atoms with Crippen LogP contribution in [0.1, 0.15) is 0 Å². The predicted molar refractivity (Wildman–Crippen MR) is 40.2 cm³/mol. The molecule has 1 rings (SSSR count). The number of carbonyl (C=O) groups is 1. The first-order valence-electron chi connectivity index (χ1n) is 3.41. The third-order valence-electron chi connectivity index (χ3n) is 1.65. The van der Waals surface area contributed by atoms with Crippen molar-refractivity contribution in [2.24, 2.45) is 0 Å². The first kappa shape index (κ1) is 7.89. The highest BCUT2D eigenvalue weighted by atomic mass is 16.4. The van der Waals surface area contributed by atoms with Gasteiger partial charge < -0.3 is 15.3 Å². The number of amides is 1. The molecule has 0 spiro atoms. The molecule has 0 radical (unpaired) electrons. The molecule has 4 nitrogen and oxygen atoms in total. The molecule has 60 valence electrons. The Kier molecular flexibility index (Phi) is 2.34. The zero-order valence-corrected chi connectivity index (χ0v) is 6.08. The molecule has 0 unspecified atom stereocenters. The maximum atomic E-state index is 10.4. The molecule has 4 heteroatoms. The van der Waals surface area contributed by atoms with Crippen molar-refractivity contribution in [3.05, 3.63) is 0 Å². The summed E-state index contributed by atoms with van der Waals surface area (Å²) in [7, 11) is 0. The van der Waals surface area contributed by atoms with E-state index in [4.69, 9.17) is 11.5 Å². The van der Waals surface area contributed by atoms with Crippen LogP contribution in [0.5, 0.6) is 0 Å². The third-order valence-corrected chi connectivity index (χ3v) is 1.65. The molecule has 0 saturated carbocycles. The molecule has 1 saturated heterocycles. The van der Waals surface area contributed by atoms with E-state index in [0.29, 0.717) is 19.6 Å². The van der Waals surface area contributed by atoms with E-state index in [-0.39, 0.29) is 6.04 Å². The second-order valence-corrected chi connectivity index (χ2v) is 2.40. The van der Waals surface area contributed by atoms with Crippen molar-refractivity contribution in [1.29, 1.82) is 0 Å². The van der Waals surface area contributed by atoms with Crippen molar-refractivity contribution in [1.82, 2.24) is 10.2 Å². The van der Waals surface area contributed by atoms with E-state index < -0.39 is 6.09 Å². The fourth-order valence-electron chi connectivity index (χ4n) is 1.04. The lowest BCUT2D eigenvalue weighted by Crippen LogP contribution is -2.51. The van der Waals surface area contributed by atoms with Crippen LogP contribution >= 0.6 is 0 Å². The van der Waals surface area contributed by atoms with Crippen LogP contribution < -0.4 is 5.32 Å². The number of hydrogen-bond donors (Lipinski definition) is 2. The Balaban J connectivity index is 2.47. The average molecular weight is 154 g/mol. The van der Waals surface area contributed by atoms with E-state index in [1.54, 1.807) is 0 Å². The lowest BCUT2D eigenvalue weighted by atomic mass is 10.2. The van der Waals surface area contributed by atoms with Crippen LogP contribution in [-0.2, 0) is 0 Å². The summed E-state index contributed by atoms with van der Waals surface area (Å²) in [6.45, 7) is 1.56. The summed E-state index contributed by atoms with van der Waals surface area (Å²) in [4.78, 5) is 11.8. The Bertz CT molecular complexity index is 197. The average Bonchev–Trinajstić information content (AvgIpc) is 2.05. The minimum atomic E-state index is -0.897. The molecular formula is C7H10N2O2. The maximum absolute atomic E-state index is 10.4. The smallest absolute Gasteiger partial charge is 0.407 e. The molecule has 0 aromatic rings. The SMILES string of the molecule is C#C[C@H]1CN(C(=O)O)CCN1. The molecule has 1 fully saturated rings. The van der Waals surface area contributed by atoms with E-state index in [1.807, 2.05) is 0 Å². The summed E-state index contributed by atoms with van der Waals surface area (Å²) in [5.74, 6) is 2.47. The van der Waals surface area contributed by atoms with Gasteiger partial charge in [-0.15, -0.1) is 6.42 Å². The first-order chi connectivity index (χ1) is 5.24. The minimum absolute atomic E-state index is 0.125. The number of nitrogens with one attached hydrogen (secondary N) is 1. The normalized spacial score (nSPS) is 24.3. The fourth-order valence-corrected chi connectivity index (χ4v) is 1.04. The van der Waals surface area contributed by atoms with Crippen LogP contribution in [-0.4, -0.2) is 41.8 Å². The van der Waals surface area contributed by atoms with E-state index in [9.17, 15) is 4.79 Å². The molecule has 2 N–H and O–H groups in total. The Morgan fingerprint density at radius 2 is 2.55 bits per heavy atom. The lowest BCUT2D eigenvalue weighted by Gasteiger charge is -2.28. The summed E-state index contributed by atoms with van der Waals surface area (Å²) < 4.78 is 0. The van der Waals surface area contributed by atoms with Gasteiger partial charge in [-0.2, -0.15) is 0 Å². The van der Waals surface area contributed by atoms with Gasteiger partial charge in [-0.3, -0.25) is 0 Å². The number of terminal acetylenes is 1. The minimum Gasteiger partial charge on any atom is -0.465 e. The second-order valence-electron chi connectivity index (χ2n) is 2.40. The van der Waals surface area contributed by atoms with Crippen molar-refractivity contribution in [2.45, 2.75) is 6.04 Å². The van der Waals surface area contributed by atoms with Crippen LogP contribution in [0.25, 0.3) is 0 Å². The second kappa shape index (κ2) is 3.26. The van der Waals surface area contributed by atoms with Crippen LogP contribution in [0.15, 0.2) is 0 Å². The predicted octanol–water partition coefficient (Wildman–Crippen LogP) is -0.429. The lowest BCUT2D eigenvalue weighted by molar-refractivity contribution is 0.134. The zero-order chi connectivity index (χ0) is 8.27. The van der Waals surface area contributed by atoms with E-state index in [2.05, 4.69) is 11.2 Å². The van der Waals surface area contributed by atoms with E-state index in [1.165, 1.54) is 4.90 Å². The summed E-state index contributed by atoms with van der Waals surface area (Å²) in [6, 6.07) is -0.125. The highest BCUT2D eigenvalue weighted by Gasteiger charge is 2.20. The van der Waals surface area contributed by atoms with Gasteiger partial charge in [0.2, 0.25) is 0 Å². The van der Waals surface area contributed by atoms with Crippen molar-refractivity contribution < 1.29 is 9.90 Å². The molecule has 1 amide bonds. The molecule has 1 aliphatic heterocycles. The molecule has 11 heavy (non-hydrogen) atoms. The van der Waals surface area contributed by atoms with Gasteiger partial charge in [0.1, 0.15) is 0 Å². The summed E-state index contributed by atoms with van der Waals surface area (Å²) in [5.41, 5.74) is 0. The van der Waals surface area contributed by atoms with Crippen LogP contribution in [0.3, 0.4) is 0 Å². The number of rotatable bonds is 0. The quantitative estimate of drug-likeness (QED) is 0.465. The standard InChI is InChI=1S/C7H10N2O2/c1-2-6-5-9(7(10)11)4-3-8-6/h1,6,8H,3-5H2,(H,10,11)/t6-/m0/s1. The van der Waals surface area contributed by atoms with Gasteiger partial charge in [-0.1, -0.05) is 5.92 Å². The topological polar surface area (TPSA) is 52.6 Å². The fraction of sp³-hybridized carbons (Fsp3) is 0.571. The number of nitrogens with zero attached hydrogens (tertiary/aromatic N) is 1. The summed E-state index contributed by atoms with van der Waals surface area (Å²) in [5, 5.41) is 11.6. The highest BCUT2D eigenvalue weighted by molar-refractivity contribution is 5.65. The first-order valence-corrected chi connectivity index (χ1v) is 3.41. The third kappa shape index (κ3) is 1.85. The van der Waals surface area contributed by atoms with Crippen molar-refractivity contribution >= 4 is 6.09 Å². The number of hydrogen-bond acceptors (Lipinski definition) is 2. The van der Waals surface area contributed by atoms with Crippen molar-refractivity contribution in [3.8, 4) is 12.3 Å². The molecular weight excluding hydrogens is 144 g/mol. The Morgan fingerprint density at radius 1 is 1.82 bits per heavy atom. The monoisotopic (exact) mass is 154 g/mol. The molecule has 1 heterocycles. The summed E-state index contributed by atoms with van der Waals surface area (Å²) in [6.07, 6.45) is 4.24. The van der Waals surface area contributed by atoms with Gasteiger partial charge in [-0.25, -0.2) is 4.79 Å². The van der Waals surface area contributed by atoms with Gasteiger partial charge in [0.25, 0.3) is 0 Å². The van der Waals surface area contributed by atoms with Gasteiger partial charge >= 0.3 is 6.09 Å². The van der Waals surface area contributed by atoms with Gasteiger partial charge in [0, 0.05) is 13.1 Å². The Morgan fingerprint density at radius 3 is 3.09 bits per heavy atom. The maximum Gasteiger partial charge on any atom is 0.407 e. The summed E-state index contributed by atoms with van der Waals surface area (Å²) >= 11 is 0. The molecule has 1 aliphatic rings. The van der Waals surface area contributed by atoms with Gasteiger partial charge in [-0.05, 0) is 0 Å². The van der Waals surface area contributed by atoms with Crippen molar-refractivity contribution in [3.63, 3.8) is 0 Å². The zero-order valence-electron chi connectivity index (χ0n) is 6.08. The van der Waals surface area contributed by atoms with Gasteiger partial charge in [0.05, 0.1) is 12.6 Å². The molecule has 1 atom stereocenters. The van der Waals surface area contributed by atoms with Crippen LogP contribution in [0, 0.1) is 12.3 Å². The Labute approximate surface area is 65.2 Å². The van der Waals surface area contributed by atoms with E-state index >= 15 is 0 Å². The van der Waals surface area contributed by atoms with Crippen LogP contribution in [0.2, 0.25) is 0 Å². The number of carboxylic acid groups (broad SMARTS) is 1.